The molecule has 126 valence electrons. The van der Waals surface area contributed by atoms with Crippen LogP contribution >= 0.6 is 0 Å². The molecule has 1 aromatic heterocycles. The zero-order chi connectivity index (χ0) is 17.9. The van der Waals surface area contributed by atoms with Crippen molar-refractivity contribution in [2.24, 2.45) is 7.05 Å². The molecule has 0 unspecified atom stereocenters. The van der Waals surface area contributed by atoms with Gasteiger partial charge in [0.1, 0.15) is 0 Å². The average Bonchev–Trinajstić information content (AvgIpc) is 2.91. The van der Waals surface area contributed by atoms with Crippen LogP contribution in [0.5, 0.6) is 0 Å². The molecule has 24 heavy (non-hydrogen) atoms. The lowest BCUT2D eigenvalue weighted by atomic mass is 10.1. The summed E-state index contributed by atoms with van der Waals surface area (Å²) in [4.78, 5) is 36.0. The Kier molecular flexibility index (Phi) is 4.98. The molecule has 8 nitrogen and oxygen atoms in total. The van der Waals surface area contributed by atoms with Crippen molar-refractivity contribution in [2.45, 2.75) is 6.92 Å². The predicted octanol–water partition coefficient (Wildman–Crippen LogP) is 1.55. The lowest BCUT2D eigenvalue weighted by Gasteiger charge is -2.11. The van der Waals surface area contributed by atoms with Gasteiger partial charge in [0.15, 0.2) is 0 Å². The molecule has 0 saturated carbocycles. The van der Waals surface area contributed by atoms with E-state index in [2.05, 4.69) is 15.2 Å². The molecule has 0 aliphatic carbocycles. The molecule has 8 heteroatoms. The van der Waals surface area contributed by atoms with Crippen molar-refractivity contribution in [1.29, 1.82) is 0 Å². The summed E-state index contributed by atoms with van der Waals surface area (Å²) in [7, 11) is 4.17. The maximum atomic E-state index is 12.4. The summed E-state index contributed by atoms with van der Waals surface area (Å²) in [5.74, 6) is -1.67. The van der Waals surface area contributed by atoms with E-state index < -0.39 is 17.8 Å². The summed E-state index contributed by atoms with van der Waals surface area (Å²) in [6.07, 6.45) is 1.56. The fourth-order valence-electron chi connectivity index (χ4n) is 2.19. The van der Waals surface area contributed by atoms with Crippen LogP contribution in [-0.4, -0.2) is 41.8 Å². The van der Waals surface area contributed by atoms with Crippen molar-refractivity contribution < 1.29 is 23.9 Å². The quantitative estimate of drug-likeness (QED) is 0.853. The van der Waals surface area contributed by atoms with Gasteiger partial charge in [-0.2, -0.15) is 5.10 Å². The van der Waals surface area contributed by atoms with E-state index >= 15 is 0 Å². The summed E-state index contributed by atoms with van der Waals surface area (Å²) < 4.78 is 10.9. The maximum Gasteiger partial charge on any atom is 0.339 e. The zero-order valence-electron chi connectivity index (χ0n) is 13.7. The molecule has 1 amide bonds. The fraction of sp³-hybridized carbons (Fsp3) is 0.250. The minimum Gasteiger partial charge on any atom is -0.465 e. The van der Waals surface area contributed by atoms with Gasteiger partial charge < -0.3 is 14.8 Å². The first-order valence-corrected chi connectivity index (χ1v) is 6.99. The molecule has 0 aliphatic rings. The molecule has 2 aromatic rings. The smallest absolute Gasteiger partial charge is 0.339 e. The van der Waals surface area contributed by atoms with Gasteiger partial charge in [0.2, 0.25) is 0 Å². The minimum atomic E-state index is -0.635. The highest BCUT2D eigenvalue weighted by molar-refractivity contribution is 6.09. The number of nitrogens with zero attached hydrogens (tertiary/aromatic N) is 2. The number of carbonyl (C=O) groups is 3. The number of ether oxygens (including phenoxy) is 2. The van der Waals surface area contributed by atoms with E-state index in [1.165, 1.54) is 37.1 Å². The van der Waals surface area contributed by atoms with E-state index in [1.807, 2.05) is 0 Å². The Hall–Kier alpha value is -3.16. The Morgan fingerprint density at radius 1 is 1.08 bits per heavy atom. The second-order valence-corrected chi connectivity index (χ2v) is 5.00. The van der Waals surface area contributed by atoms with Crippen LogP contribution in [0.2, 0.25) is 0 Å². The molecular formula is C16H17N3O5. The molecule has 0 saturated heterocycles. The Bertz CT molecular complexity index is 810. The van der Waals surface area contributed by atoms with Gasteiger partial charge in [0.05, 0.1) is 42.3 Å². The van der Waals surface area contributed by atoms with Gasteiger partial charge in [-0.05, 0) is 25.1 Å². The molecule has 0 bridgehead atoms. The van der Waals surface area contributed by atoms with Crippen LogP contribution in [0.1, 0.15) is 36.8 Å². The Labute approximate surface area is 138 Å². The number of hydrogen-bond acceptors (Lipinski definition) is 6. The minimum absolute atomic E-state index is 0.125. The second-order valence-electron chi connectivity index (χ2n) is 5.00. The van der Waals surface area contributed by atoms with Crippen LogP contribution in [0.15, 0.2) is 24.4 Å². The third-order valence-corrected chi connectivity index (χ3v) is 3.35. The lowest BCUT2D eigenvalue weighted by molar-refractivity contribution is 0.0587. The fourth-order valence-corrected chi connectivity index (χ4v) is 2.19. The van der Waals surface area contributed by atoms with E-state index in [4.69, 9.17) is 4.74 Å². The normalized spacial score (nSPS) is 10.2. The molecule has 0 fully saturated rings. The average molecular weight is 331 g/mol. The third-order valence-electron chi connectivity index (χ3n) is 3.35. The number of esters is 2. The van der Waals surface area contributed by atoms with E-state index in [1.54, 1.807) is 20.2 Å². The topological polar surface area (TPSA) is 99.5 Å². The number of aromatic nitrogens is 2. The van der Waals surface area contributed by atoms with E-state index in [0.29, 0.717) is 11.3 Å². The molecular weight excluding hydrogens is 314 g/mol. The number of methoxy groups -OCH3 is 2. The highest BCUT2D eigenvalue weighted by atomic mass is 16.5. The maximum absolute atomic E-state index is 12.4. The van der Waals surface area contributed by atoms with Crippen LogP contribution in [0.3, 0.4) is 0 Å². The standard InChI is InChI=1S/C16H17N3O5/c1-9-12(8-19(2)18-9)14(20)17-13-7-10(15(21)23-3)5-6-11(13)16(22)24-4/h5-8H,1-4H3,(H,17,20). The van der Waals surface area contributed by atoms with Gasteiger partial charge in [0, 0.05) is 13.2 Å². The summed E-state index contributed by atoms with van der Waals surface area (Å²) in [6.45, 7) is 1.70. The van der Waals surface area contributed by atoms with E-state index in [0.717, 1.165) is 0 Å². The number of anilines is 1. The first kappa shape index (κ1) is 17.2. The van der Waals surface area contributed by atoms with Gasteiger partial charge in [-0.15, -0.1) is 0 Å². The summed E-state index contributed by atoms with van der Waals surface area (Å²) in [6, 6.07) is 4.18. The number of aryl methyl sites for hydroxylation is 2. The van der Waals surface area contributed by atoms with Crippen molar-refractivity contribution in [3.05, 3.63) is 46.8 Å². The summed E-state index contributed by atoms with van der Waals surface area (Å²) in [5, 5.41) is 6.71. The molecule has 1 heterocycles. The number of nitrogens with one attached hydrogen (secondary N) is 1. The van der Waals surface area contributed by atoms with Crippen molar-refractivity contribution in [3.63, 3.8) is 0 Å². The third kappa shape index (κ3) is 3.43. The molecule has 0 radical (unpaired) electrons. The van der Waals surface area contributed by atoms with Gasteiger partial charge >= 0.3 is 11.9 Å². The first-order valence-electron chi connectivity index (χ1n) is 6.99. The van der Waals surface area contributed by atoms with E-state index in [-0.39, 0.29) is 16.8 Å². The van der Waals surface area contributed by atoms with Crippen molar-refractivity contribution >= 4 is 23.5 Å². The molecule has 0 spiro atoms. The number of carbonyl (C=O) groups excluding carboxylic acids is 3. The van der Waals surface area contributed by atoms with Crippen LogP contribution < -0.4 is 5.32 Å². The highest BCUT2D eigenvalue weighted by Gasteiger charge is 2.19. The summed E-state index contributed by atoms with van der Waals surface area (Å²) in [5.41, 5.74) is 1.37. The van der Waals surface area contributed by atoms with Crippen molar-refractivity contribution in [1.82, 2.24) is 9.78 Å². The van der Waals surface area contributed by atoms with Crippen LogP contribution in [-0.2, 0) is 16.5 Å². The SMILES string of the molecule is COC(=O)c1ccc(C(=O)OC)c(NC(=O)c2cn(C)nc2C)c1. The first-order chi connectivity index (χ1) is 11.4. The lowest BCUT2D eigenvalue weighted by Crippen LogP contribution is -2.17. The molecule has 0 aliphatic heterocycles. The predicted molar refractivity (Wildman–Crippen MR) is 85.0 cm³/mol. The number of rotatable bonds is 4. The molecule has 0 atom stereocenters. The van der Waals surface area contributed by atoms with Crippen molar-refractivity contribution in [3.8, 4) is 0 Å². The van der Waals surface area contributed by atoms with Gasteiger partial charge in [-0.25, -0.2) is 9.59 Å². The number of hydrogen-bond donors (Lipinski definition) is 1. The van der Waals surface area contributed by atoms with E-state index in [9.17, 15) is 14.4 Å². The molecule has 2 rings (SSSR count). The largest absolute Gasteiger partial charge is 0.465 e. The molecule has 1 aromatic carbocycles. The Morgan fingerprint density at radius 2 is 1.75 bits per heavy atom. The van der Waals surface area contributed by atoms with Gasteiger partial charge in [0.25, 0.3) is 5.91 Å². The molecule has 1 N–H and O–H groups in total. The number of benzene rings is 1. The second kappa shape index (κ2) is 6.95. The Morgan fingerprint density at radius 3 is 2.29 bits per heavy atom. The Balaban J connectivity index is 2.42. The van der Waals surface area contributed by atoms with Gasteiger partial charge in [-0.1, -0.05) is 0 Å². The van der Waals surface area contributed by atoms with Crippen LogP contribution in [0.4, 0.5) is 5.69 Å². The zero-order valence-corrected chi connectivity index (χ0v) is 13.7. The van der Waals surface area contributed by atoms with Crippen LogP contribution in [0.25, 0.3) is 0 Å². The monoisotopic (exact) mass is 331 g/mol. The summed E-state index contributed by atoms with van der Waals surface area (Å²) >= 11 is 0. The number of amides is 1. The highest BCUT2D eigenvalue weighted by Crippen LogP contribution is 2.21. The van der Waals surface area contributed by atoms with Gasteiger partial charge in [-0.3, -0.25) is 9.48 Å². The van der Waals surface area contributed by atoms with Crippen molar-refractivity contribution in [2.75, 3.05) is 19.5 Å². The van der Waals surface area contributed by atoms with Crippen LogP contribution in [0, 0.1) is 6.92 Å².